The van der Waals surface area contributed by atoms with Crippen molar-refractivity contribution >= 4 is 21.6 Å². The number of nitrogens with zero attached hydrogens (tertiary/aromatic N) is 1. The molecule has 1 atom stereocenters. The minimum Gasteiger partial charge on any atom is -0.492 e. The molecule has 160 valence electrons. The van der Waals surface area contributed by atoms with Gasteiger partial charge in [0.2, 0.25) is 15.9 Å². The maximum atomic E-state index is 13.2. The number of anilines is 1. The van der Waals surface area contributed by atoms with E-state index in [1.165, 1.54) is 15.9 Å². The number of amides is 1. The van der Waals surface area contributed by atoms with Crippen molar-refractivity contribution in [3.8, 4) is 5.75 Å². The van der Waals surface area contributed by atoms with Gasteiger partial charge >= 0.3 is 0 Å². The Hall–Kier alpha value is -2.38. The number of rotatable bonds is 6. The van der Waals surface area contributed by atoms with E-state index < -0.39 is 10.0 Å². The van der Waals surface area contributed by atoms with Gasteiger partial charge in [-0.1, -0.05) is 24.3 Å². The number of ether oxygens (including phenoxy) is 1. The molecule has 0 spiro atoms. The predicted octanol–water partition coefficient (Wildman–Crippen LogP) is 3.93. The van der Waals surface area contributed by atoms with Crippen LogP contribution in [0.2, 0.25) is 0 Å². The lowest BCUT2D eigenvalue weighted by Crippen LogP contribution is -2.28. The molecular weight excluding hydrogens is 400 g/mol. The van der Waals surface area contributed by atoms with Crippen LogP contribution in [0.3, 0.4) is 0 Å². The van der Waals surface area contributed by atoms with Gasteiger partial charge in [0.25, 0.3) is 0 Å². The Balaban J connectivity index is 1.62. The van der Waals surface area contributed by atoms with Crippen LogP contribution in [0.15, 0.2) is 47.4 Å². The molecule has 0 aromatic heterocycles. The van der Waals surface area contributed by atoms with Gasteiger partial charge < -0.3 is 10.1 Å². The summed E-state index contributed by atoms with van der Waals surface area (Å²) < 4.78 is 33.4. The van der Waals surface area contributed by atoms with E-state index in [1.807, 2.05) is 25.1 Å². The second-order valence-electron chi connectivity index (χ2n) is 7.84. The van der Waals surface area contributed by atoms with Crippen LogP contribution in [0.5, 0.6) is 5.75 Å². The smallest absolute Gasteiger partial charge is 0.246 e. The van der Waals surface area contributed by atoms with Gasteiger partial charge in [-0.25, -0.2) is 8.42 Å². The van der Waals surface area contributed by atoms with Gasteiger partial charge in [0.05, 0.1) is 12.5 Å². The first kappa shape index (κ1) is 20.9. The third kappa shape index (κ3) is 4.09. The zero-order valence-corrected chi connectivity index (χ0v) is 18.1. The zero-order chi connectivity index (χ0) is 21.1. The fourth-order valence-corrected chi connectivity index (χ4v) is 6.06. The van der Waals surface area contributed by atoms with E-state index in [-0.39, 0.29) is 16.7 Å². The first-order chi connectivity index (χ1) is 14.5. The van der Waals surface area contributed by atoms with E-state index in [1.54, 1.807) is 12.1 Å². The quantitative estimate of drug-likeness (QED) is 0.756. The van der Waals surface area contributed by atoms with Crippen molar-refractivity contribution in [2.45, 2.75) is 49.8 Å². The molecule has 1 aliphatic heterocycles. The molecule has 1 amide bonds. The highest BCUT2D eigenvalue weighted by Gasteiger charge is 2.31. The van der Waals surface area contributed by atoms with E-state index in [9.17, 15) is 13.2 Å². The van der Waals surface area contributed by atoms with Crippen LogP contribution in [-0.4, -0.2) is 38.3 Å². The van der Waals surface area contributed by atoms with Gasteiger partial charge in [-0.05, 0) is 68.4 Å². The number of benzene rings is 2. The Kier molecular flexibility index (Phi) is 6.11. The summed E-state index contributed by atoms with van der Waals surface area (Å²) in [5.41, 5.74) is 2.76. The van der Waals surface area contributed by atoms with Crippen molar-refractivity contribution in [1.82, 2.24) is 4.31 Å². The molecule has 1 fully saturated rings. The fourth-order valence-electron chi connectivity index (χ4n) is 4.39. The van der Waals surface area contributed by atoms with Gasteiger partial charge in [0.1, 0.15) is 10.6 Å². The van der Waals surface area contributed by atoms with Crippen LogP contribution in [0.4, 0.5) is 5.69 Å². The maximum absolute atomic E-state index is 13.2. The predicted molar refractivity (Wildman–Crippen MR) is 116 cm³/mol. The van der Waals surface area contributed by atoms with Crippen molar-refractivity contribution in [2.24, 2.45) is 0 Å². The van der Waals surface area contributed by atoms with Crippen molar-refractivity contribution < 1.29 is 17.9 Å². The largest absolute Gasteiger partial charge is 0.492 e. The van der Waals surface area contributed by atoms with Crippen LogP contribution >= 0.6 is 0 Å². The molecule has 2 aromatic rings. The standard InChI is InChI=1S/C23H28N2O4S/c1-2-29-21-13-12-18(16-22(21)30(27,28)25-14-5-6-15-25)24-23(26)20-11-7-9-17-8-3-4-10-19(17)20/h3-4,8,10,12-13,16,20H,2,5-7,9,11,14-15H2,1H3,(H,24,26)/t20-/m0/s1. The van der Waals surface area contributed by atoms with Gasteiger partial charge in [-0.15, -0.1) is 0 Å². The third-order valence-electron chi connectivity index (χ3n) is 5.88. The highest BCUT2D eigenvalue weighted by molar-refractivity contribution is 7.89. The first-order valence-corrected chi connectivity index (χ1v) is 12.1. The molecule has 1 saturated heterocycles. The van der Waals surface area contributed by atoms with Gasteiger partial charge in [0, 0.05) is 18.8 Å². The molecule has 2 aliphatic rings. The molecule has 7 heteroatoms. The molecule has 2 aromatic carbocycles. The number of hydrogen-bond donors (Lipinski definition) is 1. The highest BCUT2D eigenvalue weighted by atomic mass is 32.2. The minimum absolute atomic E-state index is 0.101. The van der Waals surface area contributed by atoms with E-state index in [4.69, 9.17) is 4.74 Å². The Morgan fingerprint density at radius 2 is 1.90 bits per heavy atom. The maximum Gasteiger partial charge on any atom is 0.246 e. The van der Waals surface area contributed by atoms with Gasteiger partial charge in [-0.3, -0.25) is 4.79 Å². The summed E-state index contributed by atoms with van der Waals surface area (Å²) in [4.78, 5) is 13.2. The molecule has 1 heterocycles. The highest BCUT2D eigenvalue weighted by Crippen LogP contribution is 2.34. The lowest BCUT2D eigenvalue weighted by atomic mass is 9.82. The molecule has 4 rings (SSSR count). The van der Waals surface area contributed by atoms with Crippen LogP contribution in [0, 0.1) is 0 Å². The number of carbonyl (C=O) groups excluding carboxylic acids is 1. The molecule has 0 saturated carbocycles. The molecule has 0 bridgehead atoms. The van der Waals surface area contributed by atoms with Crippen LogP contribution < -0.4 is 10.1 Å². The van der Waals surface area contributed by atoms with Crippen molar-refractivity contribution in [3.63, 3.8) is 0 Å². The summed E-state index contributed by atoms with van der Waals surface area (Å²) in [7, 11) is -3.67. The third-order valence-corrected chi connectivity index (χ3v) is 7.80. The van der Waals surface area contributed by atoms with Gasteiger partial charge in [0.15, 0.2) is 0 Å². The molecule has 6 nitrogen and oxygen atoms in total. The monoisotopic (exact) mass is 428 g/mol. The fraction of sp³-hybridized carbons (Fsp3) is 0.435. The first-order valence-electron chi connectivity index (χ1n) is 10.7. The van der Waals surface area contributed by atoms with E-state index in [0.717, 1.165) is 37.7 Å². The number of sulfonamides is 1. The summed E-state index contributed by atoms with van der Waals surface area (Å²) in [6.07, 6.45) is 4.47. The van der Waals surface area contributed by atoms with Crippen molar-refractivity contribution in [1.29, 1.82) is 0 Å². The molecule has 0 radical (unpaired) electrons. The summed E-state index contributed by atoms with van der Waals surface area (Å²) >= 11 is 0. The summed E-state index contributed by atoms with van der Waals surface area (Å²) in [6.45, 7) is 3.22. The number of fused-ring (bicyclic) bond motifs is 1. The lowest BCUT2D eigenvalue weighted by Gasteiger charge is -2.25. The zero-order valence-electron chi connectivity index (χ0n) is 17.3. The van der Waals surface area contributed by atoms with E-state index >= 15 is 0 Å². The number of hydrogen-bond acceptors (Lipinski definition) is 4. The summed E-state index contributed by atoms with van der Waals surface area (Å²) in [5, 5.41) is 2.95. The molecule has 0 unspecified atom stereocenters. The average molecular weight is 429 g/mol. The summed E-state index contributed by atoms with van der Waals surface area (Å²) in [6, 6.07) is 12.9. The van der Waals surface area contributed by atoms with Crippen LogP contribution in [-0.2, 0) is 21.2 Å². The Morgan fingerprint density at radius 3 is 2.67 bits per heavy atom. The summed E-state index contributed by atoms with van der Waals surface area (Å²) in [5.74, 6) is 0.00130. The molecule has 30 heavy (non-hydrogen) atoms. The van der Waals surface area contributed by atoms with E-state index in [2.05, 4.69) is 11.4 Å². The molecule has 1 N–H and O–H groups in total. The van der Waals surface area contributed by atoms with E-state index in [0.29, 0.717) is 31.1 Å². The van der Waals surface area contributed by atoms with Crippen molar-refractivity contribution in [3.05, 3.63) is 53.6 Å². The van der Waals surface area contributed by atoms with Crippen LogP contribution in [0.1, 0.15) is 49.7 Å². The number of aryl methyl sites for hydroxylation is 1. The van der Waals surface area contributed by atoms with Crippen molar-refractivity contribution in [2.75, 3.05) is 25.0 Å². The normalized spacial score (nSPS) is 19.3. The average Bonchev–Trinajstić information content (AvgIpc) is 3.30. The second kappa shape index (κ2) is 8.78. The number of carbonyl (C=O) groups is 1. The Labute approximate surface area is 178 Å². The molecule has 1 aliphatic carbocycles. The van der Waals surface area contributed by atoms with Crippen LogP contribution in [0.25, 0.3) is 0 Å². The molecular formula is C23H28N2O4S. The Morgan fingerprint density at radius 1 is 1.13 bits per heavy atom. The lowest BCUT2D eigenvalue weighted by molar-refractivity contribution is -0.117. The Bertz CT molecular complexity index is 1030. The number of nitrogens with one attached hydrogen (secondary N) is 1. The second-order valence-corrected chi connectivity index (χ2v) is 9.74. The SMILES string of the molecule is CCOc1ccc(NC(=O)[C@H]2CCCc3ccccc32)cc1S(=O)(=O)N1CCCC1. The topological polar surface area (TPSA) is 75.7 Å². The van der Waals surface area contributed by atoms with Gasteiger partial charge in [-0.2, -0.15) is 4.31 Å². The minimum atomic E-state index is -3.67.